The highest BCUT2D eigenvalue weighted by molar-refractivity contribution is 5.87. The van der Waals surface area contributed by atoms with Gasteiger partial charge >= 0.3 is 11.9 Å². The van der Waals surface area contributed by atoms with E-state index in [0.717, 1.165) is 42.5 Å². The monoisotopic (exact) mass is 1250 g/mol. The van der Waals surface area contributed by atoms with E-state index in [1.165, 1.54) is 60.7 Å². The van der Waals surface area contributed by atoms with Crippen molar-refractivity contribution < 1.29 is 154 Å². The Kier molecular flexibility index (Phi) is 20.6. The molecule has 0 amide bonds. The number of aliphatic hydroxyl groups is 15. The zero-order valence-electron chi connectivity index (χ0n) is 45.7. The number of ether oxygens (including phenoxy) is 11. The average molecular weight is 1250 g/mol. The smallest absolute Gasteiger partial charge is 0.330 e. The van der Waals surface area contributed by atoms with E-state index in [-0.39, 0.29) is 34.1 Å². The van der Waals surface area contributed by atoms with E-state index in [1.807, 2.05) is 0 Å². The molecule has 0 aliphatic carbocycles. The number of carbonyl (C=O) groups is 2. The number of aliphatic hydroxyl groups excluding tert-OH is 14. The van der Waals surface area contributed by atoms with Gasteiger partial charge in [0, 0.05) is 24.3 Å². The SMILES string of the molecule is O=C(C=Cc1ccc(O)cc1)OCC1OC(Oc2cc(C3[OH+]c4cc(OC5OC(CO)C(O)C(O)C5O)cc(O)c4C=C3OC3OC(CO)C(O)C(O)C3O)cc(OC3OC(COC(=O)C=Cc4ccc(O)cc4)C(O)C(O)C3O)c2O)C(O)C(O)C1O. The van der Waals surface area contributed by atoms with Crippen molar-refractivity contribution in [3.63, 3.8) is 0 Å². The highest BCUT2D eigenvalue weighted by atomic mass is 16.7. The zero-order valence-corrected chi connectivity index (χ0v) is 45.7. The third kappa shape index (κ3) is 14.5. The molecule has 4 aromatic carbocycles. The molecule has 0 radical (unpaired) electrons. The predicted molar refractivity (Wildman–Crippen MR) is 289 cm³/mol. The van der Waals surface area contributed by atoms with Gasteiger partial charge in [-0.1, -0.05) is 24.3 Å². The summed E-state index contributed by atoms with van der Waals surface area (Å²) in [6, 6.07) is 15.5. The van der Waals surface area contributed by atoms with Crippen molar-refractivity contribution in [3.8, 4) is 46.0 Å². The summed E-state index contributed by atoms with van der Waals surface area (Å²) in [5, 5.41) is 194. The Morgan fingerprint density at radius 1 is 0.466 bits per heavy atom. The van der Waals surface area contributed by atoms with Crippen molar-refractivity contribution in [2.75, 3.05) is 26.4 Å². The molecule has 5 aliphatic heterocycles. The van der Waals surface area contributed by atoms with Crippen LogP contribution in [-0.4, -0.2) is 258 Å². The fourth-order valence-electron chi connectivity index (χ4n) is 9.70. The minimum atomic E-state index is -2.19. The lowest BCUT2D eigenvalue weighted by Crippen LogP contribution is -2.60. The van der Waals surface area contributed by atoms with Crippen LogP contribution in [-0.2, 0) is 42.7 Å². The van der Waals surface area contributed by atoms with Gasteiger partial charge in [0.2, 0.25) is 30.9 Å². The Bertz CT molecular complexity index is 3010. The number of esters is 2. The van der Waals surface area contributed by atoms with Crippen LogP contribution in [0.4, 0.5) is 0 Å². The Morgan fingerprint density at radius 3 is 1.27 bits per heavy atom. The molecule has 21 atom stereocenters. The second kappa shape index (κ2) is 27.9. The molecule has 31 nitrogen and oxygen atoms in total. The van der Waals surface area contributed by atoms with Crippen LogP contribution in [0.1, 0.15) is 28.4 Å². The van der Waals surface area contributed by atoms with Gasteiger partial charge in [-0.25, -0.2) is 9.59 Å². The summed E-state index contributed by atoms with van der Waals surface area (Å²) < 4.78 is 61.9. The van der Waals surface area contributed by atoms with Gasteiger partial charge in [-0.3, -0.25) is 0 Å². The van der Waals surface area contributed by atoms with Crippen LogP contribution in [0, 0.1) is 0 Å². The number of rotatable bonds is 19. The van der Waals surface area contributed by atoms with Crippen LogP contribution < -0.4 is 14.2 Å². The number of aromatic hydroxyl groups is 5. The Hall–Kier alpha value is -7.48. The molecule has 31 heteroatoms. The molecule has 4 aromatic rings. The van der Waals surface area contributed by atoms with Gasteiger partial charge in [0.1, 0.15) is 139 Å². The van der Waals surface area contributed by atoms with Crippen LogP contribution in [0.2, 0.25) is 0 Å². The molecule has 0 aromatic heterocycles. The van der Waals surface area contributed by atoms with Gasteiger partial charge < -0.3 is 144 Å². The largest absolute Gasteiger partial charge is 0.571 e. The minimum absolute atomic E-state index is 0.0387. The molecule has 0 spiro atoms. The molecule has 21 unspecified atom stereocenters. The maximum Gasteiger partial charge on any atom is 0.330 e. The fraction of sp³-hybridized carbons (Fsp3) is 0.439. The maximum absolute atomic E-state index is 12.8. The van der Waals surface area contributed by atoms with E-state index in [0.29, 0.717) is 11.1 Å². The van der Waals surface area contributed by atoms with Gasteiger partial charge in [-0.15, -0.1) is 0 Å². The second-order valence-corrected chi connectivity index (χ2v) is 20.8. The molecular weight excluding hydrogens is 1180 g/mol. The minimum Gasteiger partial charge on any atom is -0.571 e. The molecule has 5 aliphatic rings. The van der Waals surface area contributed by atoms with Crippen LogP contribution >= 0.6 is 0 Å². The van der Waals surface area contributed by atoms with Crippen molar-refractivity contribution in [2.45, 2.75) is 129 Å². The lowest BCUT2D eigenvalue weighted by Gasteiger charge is -2.41. The third-order valence-corrected chi connectivity index (χ3v) is 14.7. The van der Waals surface area contributed by atoms with Crippen molar-refractivity contribution in [1.29, 1.82) is 0 Å². The van der Waals surface area contributed by atoms with Gasteiger partial charge in [0.25, 0.3) is 11.9 Å². The summed E-state index contributed by atoms with van der Waals surface area (Å²) in [6.07, 6.45) is -34.4. The first kappa shape index (κ1) is 65.0. The summed E-state index contributed by atoms with van der Waals surface area (Å²) in [7, 11) is 0. The first-order chi connectivity index (χ1) is 41.9. The number of hydrogen-bond acceptors (Lipinski definition) is 30. The summed E-state index contributed by atoms with van der Waals surface area (Å²) in [5.41, 5.74) is 0.492. The normalized spacial score (nSPS) is 34.0. The van der Waals surface area contributed by atoms with Gasteiger partial charge in [0.05, 0.1) is 24.8 Å². The standard InChI is InChI=1S/C57H64O31/c58-18-34-41(66)45(70)49(74)54(85-34)80-27-15-29(62)28-17-33(84-57-50(75)46(71)42(67)35(19-59)86-57)53(81-30(28)16-27)24-13-31(82-55-51(76)47(72)43(68)36(87-55)20-78-38(63)11-5-22-1-7-25(60)8-2-22)40(65)32(14-24)83-56-52(77)48(73)44(69)37(88-56)21-79-39(64)12-6-23-3-9-26(61)10-4-23/h1-17,34-37,41-62,65-77H,18-21H2/p+1. The summed E-state index contributed by atoms with van der Waals surface area (Å²) in [5.74, 6) is -6.32. The number of phenolic OH excluding ortho intramolecular Hbond substituents is 4. The quantitative estimate of drug-likeness (QED) is 0.0240. The van der Waals surface area contributed by atoms with E-state index in [1.54, 1.807) is 0 Å². The molecule has 0 bridgehead atoms. The molecule has 9 rings (SSSR count). The second-order valence-electron chi connectivity index (χ2n) is 20.8. The number of hydrogen-bond donors (Lipinski definition) is 18. The molecule has 478 valence electrons. The van der Waals surface area contributed by atoms with E-state index in [4.69, 9.17) is 52.1 Å². The molecule has 4 fully saturated rings. The number of fused-ring (bicyclic) bond motifs is 1. The predicted octanol–water partition coefficient (Wildman–Crippen LogP) is -4.27. The van der Waals surface area contributed by atoms with Gasteiger partial charge in [-0.2, -0.15) is 0 Å². The molecule has 5 heterocycles. The van der Waals surface area contributed by atoms with Crippen LogP contribution in [0.3, 0.4) is 0 Å². The molecule has 88 heavy (non-hydrogen) atoms. The summed E-state index contributed by atoms with van der Waals surface area (Å²) >= 11 is 0. The van der Waals surface area contributed by atoms with E-state index in [2.05, 4.69) is 0 Å². The Labute approximate surface area is 496 Å². The lowest BCUT2D eigenvalue weighted by atomic mass is 9.98. The van der Waals surface area contributed by atoms with E-state index in [9.17, 15) is 102 Å². The topological polar surface area (TPSA) is 503 Å². The fourth-order valence-corrected chi connectivity index (χ4v) is 9.70. The summed E-state index contributed by atoms with van der Waals surface area (Å²) in [6.45, 7) is -3.33. The Balaban J connectivity index is 1.07. The zero-order chi connectivity index (χ0) is 63.4. The number of benzene rings is 4. The average Bonchev–Trinajstić information content (AvgIpc) is 1.49. The van der Waals surface area contributed by atoms with Crippen molar-refractivity contribution in [1.82, 2.24) is 0 Å². The highest BCUT2D eigenvalue weighted by Gasteiger charge is 2.51. The first-order valence-corrected chi connectivity index (χ1v) is 27.0. The van der Waals surface area contributed by atoms with E-state index >= 15 is 0 Å². The number of phenols is 4. The maximum atomic E-state index is 12.8. The summed E-state index contributed by atoms with van der Waals surface area (Å²) in [4.78, 5) is 25.6. The van der Waals surface area contributed by atoms with E-state index < -0.39 is 196 Å². The lowest BCUT2D eigenvalue weighted by molar-refractivity contribution is -0.295. The van der Waals surface area contributed by atoms with Gasteiger partial charge in [-0.05, 0) is 59.7 Å². The van der Waals surface area contributed by atoms with Crippen molar-refractivity contribution >= 4 is 30.2 Å². The van der Waals surface area contributed by atoms with Crippen LogP contribution in [0.15, 0.2) is 90.7 Å². The molecule has 4 saturated heterocycles. The third-order valence-electron chi connectivity index (χ3n) is 14.7. The van der Waals surface area contributed by atoms with Crippen LogP contribution in [0.25, 0.3) is 18.2 Å². The van der Waals surface area contributed by atoms with Crippen molar-refractivity contribution in [2.24, 2.45) is 0 Å². The first-order valence-electron chi connectivity index (χ1n) is 27.0. The number of carbonyl (C=O) groups excluding carboxylic acids is 2. The molecule has 19 N–H and O–H groups in total. The van der Waals surface area contributed by atoms with Crippen molar-refractivity contribution in [3.05, 3.63) is 113 Å². The Morgan fingerprint density at radius 2 is 0.852 bits per heavy atom. The highest BCUT2D eigenvalue weighted by Crippen LogP contribution is 2.50. The van der Waals surface area contributed by atoms with Gasteiger partial charge in [0.15, 0.2) is 17.3 Å². The molecular formula is C57H65O31+. The van der Waals surface area contributed by atoms with Crippen LogP contribution in [0.5, 0.6) is 46.0 Å². The molecule has 0 saturated carbocycles.